The van der Waals surface area contributed by atoms with E-state index in [-0.39, 0.29) is 0 Å². The molecule has 20 heavy (non-hydrogen) atoms. The second kappa shape index (κ2) is 7.07. The van der Waals surface area contributed by atoms with Gasteiger partial charge >= 0.3 is 0 Å². The molecule has 2 rings (SSSR count). The molecule has 2 aromatic rings. The largest absolute Gasteiger partial charge is 0.383 e. The van der Waals surface area contributed by atoms with Crippen LogP contribution in [0.3, 0.4) is 0 Å². The standard InChI is InChI=1S/C14H15N5O/c1-20-7-6-16-13-8-14(18-10-17-13)19-12-5-3-2-4-11(12)9-15/h2-5,8,10H,6-7H2,1H3,(H2,16,17,18,19). The van der Waals surface area contributed by atoms with Crippen molar-refractivity contribution in [2.24, 2.45) is 0 Å². The topological polar surface area (TPSA) is 82.9 Å². The second-order valence-corrected chi connectivity index (χ2v) is 3.99. The number of hydrogen-bond donors (Lipinski definition) is 2. The van der Waals surface area contributed by atoms with Crippen LogP contribution in [0.5, 0.6) is 0 Å². The molecule has 1 aromatic heterocycles. The monoisotopic (exact) mass is 269 g/mol. The molecule has 0 aliphatic rings. The number of benzene rings is 1. The molecule has 0 aliphatic carbocycles. The number of nitriles is 1. The summed E-state index contributed by atoms with van der Waals surface area (Å²) in [7, 11) is 1.65. The molecule has 1 aromatic carbocycles. The molecule has 0 radical (unpaired) electrons. The highest BCUT2D eigenvalue weighted by atomic mass is 16.5. The zero-order valence-corrected chi connectivity index (χ0v) is 11.1. The minimum Gasteiger partial charge on any atom is -0.383 e. The van der Waals surface area contributed by atoms with Gasteiger partial charge in [0, 0.05) is 19.7 Å². The molecular weight excluding hydrogens is 254 g/mol. The Morgan fingerprint density at radius 1 is 1.25 bits per heavy atom. The predicted octanol–water partition coefficient (Wildman–Crippen LogP) is 2.15. The van der Waals surface area contributed by atoms with Gasteiger partial charge in [-0.1, -0.05) is 12.1 Å². The predicted molar refractivity (Wildman–Crippen MR) is 76.8 cm³/mol. The third-order valence-corrected chi connectivity index (χ3v) is 2.59. The third-order valence-electron chi connectivity index (χ3n) is 2.59. The summed E-state index contributed by atoms with van der Waals surface area (Å²) >= 11 is 0. The van der Waals surface area contributed by atoms with Crippen LogP contribution in [0, 0.1) is 11.3 Å². The van der Waals surface area contributed by atoms with Crippen molar-refractivity contribution in [1.29, 1.82) is 5.26 Å². The van der Waals surface area contributed by atoms with E-state index < -0.39 is 0 Å². The van der Waals surface area contributed by atoms with Crippen molar-refractivity contribution in [2.75, 3.05) is 30.9 Å². The van der Waals surface area contributed by atoms with Crippen LogP contribution in [-0.2, 0) is 4.74 Å². The Bertz CT molecular complexity index is 609. The summed E-state index contributed by atoms with van der Waals surface area (Å²) in [5.41, 5.74) is 1.29. The fraction of sp³-hybridized carbons (Fsp3) is 0.214. The van der Waals surface area contributed by atoms with E-state index in [0.717, 1.165) is 5.69 Å². The zero-order chi connectivity index (χ0) is 14.2. The Hall–Kier alpha value is -2.65. The number of ether oxygens (including phenoxy) is 1. The number of rotatable bonds is 6. The Balaban J connectivity index is 2.10. The first-order valence-electron chi connectivity index (χ1n) is 6.14. The van der Waals surface area contributed by atoms with Gasteiger partial charge in [0.05, 0.1) is 17.9 Å². The molecule has 0 bridgehead atoms. The number of anilines is 3. The molecule has 0 fully saturated rings. The van der Waals surface area contributed by atoms with Gasteiger partial charge in [-0.2, -0.15) is 5.26 Å². The van der Waals surface area contributed by atoms with E-state index >= 15 is 0 Å². The number of para-hydroxylation sites is 1. The number of methoxy groups -OCH3 is 1. The number of aromatic nitrogens is 2. The van der Waals surface area contributed by atoms with Gasteiger partial charge < -0.3 is 15.4 Å². The Morgan fingerprint density at radius 2 is 2.05 bits per heavy atom. The van der Waals surface area contributed by atoms with Crippen LogP contribution in [0.1, 0.15) is 5.56 Å². The Kier molecular flexibility index (Phi) is 4.87. The van der Waals surface area contributed by atoms with E-state index in [1.807, 2.05) is 18.2 Å². The van der Waals surface area contributed by atoms with Crippen molar-refractivity contribution < 1.29 is 4.74 Å². The van der Waals surface area contributed by atoms with E-state index in [1.54, 1.807) is 19.2 Å². The van der Waals surface area contributed by atoms with E-state index in [2.05, 4.69) is 26.7 Å². The summed E-state index contributed by atoms with van der Waals surface area (Å²) in [4.78, 5) is 8.25. The fourth-order valence-corrected chi connectivity index (χ4v) is 1.63. The molecule has 2 N–H and O–H groups in total. The molecule has 0 spiro atoms. The SMILES string of the molecule is COCCNc1cc(Nc2ccccc2C#N)ncn1. The van der Waals surface area contributed by atoms with Gasteiger partial charge in [-0.15, -0.1) is 0 Å². The maximum atomic E-state index is 9.05. The zero-order valence-electron chi connectivity index (χ0n) is 11.1. The highest BCUT2D eigenvalue weighted by molar-refractivity contribution is 5.65. The Morgan fingerprint density at radius 3 is 2.85 bits per heavy atom. The first-order valence-corrected chi connectivity index (χ1v) is 6.14. The van der Waals surface area contributed by atoms with Gasteiger partial charge in [-0.25, -0.2) is 9.97 Å². The van der Waals surface area contributed by atoms with Gasteiger partial charge in [0.25, 0.3) is 0 Å². The summed E-state index contributed by atoms with van der Waals surface area (Å²) in [6.07, 6.45) is 1.46. The normalized spacial score (nSPS) is 9.80. The summed E-state index contributed by atoms with van der Waals surface area (Å²) < 4.78 is 4.96. The van der Waals surface area contributed by atoms with Crippen LogP contribution in [0.2, 0.25) is 0 Å². The molecule has 1 heterocycles. The van der Waals surface area contributed by atoms with Crippen LogP contribution in [-0.4, -0.2) is 30.2 Å². The number of nitrogens with zero attached hydrogens (tertiary/aromatic N) is 3. The fourth-order valence-electron chi connectivity index (χ4n) is 1.63. The van der Waals surface area contributed by atoms with E-state index in [9.17, 15) is 0 Å². The molecule has 0 aliphatic heterocycles. The molecule has 6 heteroatoms. The summed E-state index contributed by atoms with van der Waals surface area (Å²) in [5, 5.41) is 15.3. The van der Waals surface area contributed by atoms with E-state index in [1.165, 1.54) is 6.33 Å². The summed E-state index contributed by atoms with van der Waals surface area (Å²) in [6, 6.07) is 11.2. The van der Waals surface area contributed by atoms with Crippen molar-refractivity contribution in [3.8, 4) is 6.07 Å². The lowest BCUT2D eigenvalue weighted by molar-refractivity contribution is 0.210. The number of hydrogen-bond acceptors (Lipinski definition) is 6. The van der Waals surface area contributed by atoms with Crippen LogP contribution >= 0.6 is 0 Å². The van der Waals surface area contributed by atoms with Crippen LogP contribution in [0.25, 0.3) is 0 Å². The molecule has 0 amide bonds. The maximum Gasteiger partial charge on any atom is 0.135 e. The molecule has 6 nitrogen and oxygen atoms in total. The molecule has 0 saturated carbocycles. The van der Waals surface area contributed by atoms with Crippen LogP contribution in [0.4, 0.5) is 17.3 Å². The lowest BCUT2D eigenvalue weighted by Gasteiger charge is -2.09. The highest BCUT2D eigenvalue weighted by Gasteiger charge is 2.03. The van der Waals surface area contributed by atoms with Crippen molar-refractivity contribution in [3.05, 3.63) is 42.2 Å². The minimum atomic E-state index is 0.569. The van der Waals surface area contributed by atoms with Gasteiger partial charge in [0.1, 0.15) is 24.0 Å². The summed E-state index contributed by atoms with van der Waals surface area (Å²) in [6.45, 7) is 1.27. The van der Waals surface area contributed by atoms with Gasteiger partial charge in [0.15, 0.2) is 0 Å². The van der Waals surface area contributed by atoms with Crippen molar-refractivity contribution in [2.45, 2.75) is 0 Å². The quantitative estimate of drug-likeness (QED) is 0.782. The summed E-state index contributed by atoms with van der Waals surface area (Å²) in [5.74, 6) is 1.33. The van der Waals surface area contributed by atoms with Crippen molar-refractivity contribution in [1.82, 2.24) is 9.97 Å². The van der Waals surface area contributed by atoms with Crippen LogP contribution in [0.15, 0.2) is 36.7 Å². The second-order valence-electron chi connectivity index (χ2n) is 3.99. The molecule has 0 saturated heterocycles. The van der Waals surface area contributed by atoms with E-state index in [4.69, 9.17) is 10.00 Å². The maximum absolute atomic E-state index is 9.05. The Labute approximate surface area is 117 Å². The average molecular weight is 269 g/mol. The lowest BCUT2D eigenvalue weighted by atomic mass is 10.2. The van der Waals surface area contributed by atoms with Crippen molar-refractivity contribution >= 4 is 17.3 Å². The lowest BCUT2D eigenvalue weighted by Crippen LogP contribution is -2.09. The minimum absolute atomic E-state index is 0.569. The molecule has 0 unspecified atom stereocenters. The van der Waals surface area contributed by atoms with Gasteiger partial charge in [-0.3, -0.25) is 0 Å². The highest BCUT2D eigenvalue weighted by Crippen LogP contribution is 2.19. The first kappa shape index (κ1) is 13.8. The first-order chi connectivity index (χ1) is 9.83. The molecule has 102 valence electrons. The molecule has 0 atom stereocenters. The number of nitrogens with one attached hydrogen (secondary N) is 2. The van der Waals surface area contributed by atoms with E-state index in [0.29, 0.717) is 30.4 Å². The smallest absolute Gasteiger partial charge is 0.135 e. The van der Waals surface area contributed by atoms with Gasteiger partial charge in [-0.05, 0) is 12.1 Å². The average Bonchev–Trinajstić information content (AvgIpc) is 2.48. The van der Waals surface area contributed by atoms with Crippen LogP contribution < -0.4 is 10.6 Å². The third kappa shape index (κ3) is 3.67. The molecular formula is C14H15N5O. The van der Waals surface area contributed by atoms with Crippen molar-refractivity contribution in [3.63, 3.8) is 0 Å². The van der Waals surface area contributed by atoms with Gasteiger partial charge in [0.2, 0.25) is 0 Å².